The molecule has 1 amide bonds. The Kier molecular flexibility index (Phi) is 7.04. The smallest absolute Gasteiger partial charge is 0.248 e. The monoisotopic (exact) mass is 424 g/mol. The summed E-state index contributed by atoms with van der Waals surface area (Å²) in [5, 5.41) is 3.59. The van der Waals surface area contributed by atoms with E-state index in [1.807, 2.05) is 31.5 Å². The maximum Gasteiger partial charge on any atom is 0.248 e. The molecule has 2 aliphatic rings. The van der Waals surface area contributed by atoms with E-state index in [1.54, 1.807) is 24.3 Å². The zero-order valence-corrected chi connectivity index (χ0v) is 18.1. The summed E-state index contributed by atoms with van der Waals surface area (Å²) >= 11 is 0. The summed E-state index contributed by atoms with van der Waals surface area (Å²) in [4.78, 5) is 18.1. The Labute approximate surface area is 183 Å². The number of hydrogen-bond donors (Lipinski definition) is 2. The number of benzene rings is 1. The Balaban J connectivity index is 1.22. The van der Waals surface area contributed by atoms with Gasteiger partial charge < -0.3 is 25.4 Å². The van der Waals surface area contributed by atoms with Crippen LogP contribution in [0.25, 0.3) is 0 Å². The molecular weight excluding hydrogens is 392 g/mol. The Morgan fingerprint density at radius 2 is 1.94 bits per heavy atom. The maximum absolute atomic E-state index is 11.1. The van der Waals surface area contributed by atoms with Gasteiger partial charge in [0.25, 0.3) is 0 Å². The Bertz CT molecular complexity index is 846. The quantitative estimate of drug-likeness (QED) is 0.602. The van der Waals surface area contributed by atoms with Gasteiger partial charge in [0.15, 0.2) is 0 Å². The molecule has 0 spiro atoms. The highest BCUT2D eigenvalue weighted by molar-refractivity contribution is 5.92. The molecule has 4 rings (SSSR count). The van der Waals surface area contributed by atoms with Crippen LogP contribution in [0.2, 0.25) is 0 Å². The molecular formula is C24H32N4O3. The lowest BCUT2D eigenvalue weighted by Crippen LogP contribution is -2.44. The Hall–Kier alpha value is -2.64. The average molecular weight is 425 g/mol. The molecule has 1 aromatic heterocycles. The van der Waals surface area contributed by atoms with E-state index in [2.05, 4.69) is 15.2 Å². The summed E-state index contributed by atoms with van der Waals surface area (Å²) in [6, 6.07) is 13.2. The summed E-state index contributed by atoms with van der Waals surface area (Å²) in [6.45, 7) is 3.96. The number of fused-ring (bicyclic) bond motifs is 1. The predicted octanol–water partition coefficient (Wildman–Crippen LogP) is 2.79. The van der Waals surface area contributed by atoms with Gasteiger partial charge in [-0.3, -0.25) is 4.79 Å². The molecule has 2 heterocycles. The van der Waals surface area contributed by atoms with Crippen molar-refractivity contribution in [2.24, 2.45) is 17.6 Å². The number of anilines is 1. The highest BCUT2D eigenvalue weighted by Crippen LogP contribution is 2.38. The Morgan fingerprint density at radius 3 is 2.61 bits per heavy atom. The molecule has 1 aliphatic heterocycles. The van der Waals surface area contributed by atoms with Crippen LogP contribution in [0.5, 0.6) is 5.75 Å². The van der Waals surface area contributed by atoms with Crippen LogP contribution in [0, 0.1) is 11.8 Å². The van der Waals surface area contributed by atoms with Crippen LogP contribution in [-0.2, 0) is 4.74 Å². The molecule has 1 saturated carbocycles. The van der Waals surface area contributed by atoms with Gasteiger partial charge in [-0.15, -0.1) is 0 Å². The number of primary amides is 1. The van der Waals surface area contributed by atoms with Crippen molar-refractivity contribution in [1.82, 2.24) is 9.88 Å². The number of nitrogens with zero attached hydrogens (tertiary/aromatic N) is 2. The third-order valence-electron chi connectivity index (χ3n) is 6.52. The highest BCUT2D eigenvalue weighted by atomic mass is 16.5. The van der Waals surface area contributed by atoms with Crippen molar-refractivity contribution in [3.8, 4) is 5.75 Å². The topological polar surface area (TPSA) is 89.7 Å². The van der Waals surface area contributed by atoms with Crippen LogP contribution in [0.15, 0.2) is 48.7 Å². The number of amides is 1. The van der Waals surface area contributed by atoms with Gasteiger partial charge in [0.05, 0.1) is 18.8 Å². The normalized spacial score (nSPS) is 25.7. The SMILES string of the molecule is CO[C@@H]1C[C@H]2CN(CCCOc3ccc(C(N)=O)cc3)C[C@H]2C[C@H]1Nc1ccccn1. The first-order valence-corrected chi connectivity index (χ1v) is 11.1. The number of rotatable bonds is 9. The molecule has 2 aromatic rings. The number of ether oxygens (including phenoxy) is 2. The molecule has 0 unspecified atom stereocenters. The van der Waals surface area contributed by atoms with E-state index in [-0.39, 0.29) is 6.10 Å². The zero-order chi connectivity index (χ0) is 21.6. The standard InChI is InChI=1S/C24H32N4O3/c1-30-22-14-19-16-28(11-4-12-31-20-8-6-17(7-9-20)24(25)29)15-18(19)13-21(22)27-23-5-2-3-10-26-23/h2-3,5-10,18-19,21-22H,4,11-16H2,1H3,(H2,25,29)(H,26,27)/t18-,19+,21-,22-/m1/s1. The van der Waals surface area contributed by atoms with Gasteiger partial charge >= 0.3 is 0 Å². The number of likely N-dealkylation sites (tertiary alicyclic amines) is 1. The largest absolute Gasteiger partial charge is 0.494 e. The van der Waals surface area contributed by atoms with Gasteiger partial charge in [-0.05, 0) is 67.5 Å². The zero-order valence-electron chi connectivity index (χ0n) is 18.1. The number of hydrogen-bond acceptors (Lipinski definition) is 6. The molecule has 1 saturated heterocycles. The van der Waals surface area contributed by atoms with Crippen LogP contribution in [0.3, 0.4) is 0 Å². The summed E-state index contributed by atoms with van der Waals surface area (Å²) in [5.74, 6) is 2.65. The number of carbonyl (C=O) groups is 1. The van der Waals surface area contributed by atoms with Crippen LogP contribution in [-0.4, -0.2) is 61.3 Å². The first-order chi connectivity index (χ1) is 15.1. The minimum atomic E-state index is -0.421. The van der Waals surface area contributed by atoms with E-state index in [0.29, 0.717) is 30.0 Å². The fraction of sp³-hybridized carbons (Fsp3) is 0.500. The van der Waals surface area contributed by atoms with Gasteiger partial charge in [-0.2, -0.15) is 0 Å². The number of nitrogens with one attached hydrogen (secondary N) is 1. The first-order valence-electron chi connectivity index (χ1n) is 11.1. The Morgan fingerprint density at radius 1 is 1.16 bits per heavy atom. The number of carbonyl (C=O) groups excluding carboxylic acids is 1. The van der Waals surface area contributed by atoms with Crippen molar-refractivity contribution in [2.75, 3.05) is 38.7 Å². The van der Waals surface area contributed by atoms with Crippen LogP contribution < -0.4 is 15.8 Å². The third kappa shape index (κ3) is 5.54. The summed E-state index contributed by atoms with van der Waals surface area (Å²) in [6.07, 6.45) is 5.21. The number of nitrogens with two attached hydrogens (primary N) is 1. The molecule has 2 fully saturated rings. The van der Waals surface area contributed by atoms with Crippen molar-refractivity contribution in [2.45, 2.75) is 31.4 Å². The fourth-order valence-corrected chi connectivity index (χ4v) is 4.94. The van der Waals surface area contributed by atoms with Crippen molar-refractivity contribution in [3.05, 3.63) is 54.2 Å². The number of methoxy groups -OCH3 is 1. The molecule has 7 heteroatoms. The lowest BCUT2D eigenvalue weighted by atomic mass is 9.77. The number of pyridine rings is 1. The first kappa shape index (κ1) is 21.6. The van der Waals surface area contributed by atoms with Gasteiger partial charge in [-0.1, -0.05) is 6.07 Å². The van der Waals surface area contributed by atoms with E-state index >= 15 is 0 Å². The average Bonchev–Trinajstić information content (AvgIpc) is 3.18. The van der Waals surface area contributed by atoms with Crippen LogP contribution >= 0.6 is 0 Å². The summed E-state index contributed by atoms with van der Waals surface area (Å²) < 4.78 is 11.7. The van der Waals surface area contributed by atoms with E-state index in [9.17, 15) is 4.79 Å². The van der Waals surface area contributed by atoms with Gasteiger partial charge in [0.2, 0.25) is 5.91 Å². The molecule has 1 aliphatic carbocycles. The second kappa shape index (κ2) is 10.1. The molecule has 7 nitrogen and oxygen atoms in total. The molecule has 31 heavy (non-hydrogen) atoms. The van der Waals surface area contributed by atoms with Crippen LogP contribution in [0.1, 0.15) is 29.6 Å². The molecule has 166 valence electrons. The van der Waals surface area contributed by atoms with E-state index in [0.717, 1.165) is 50.5 Å². The maximum atomic E-state index is 11.1. The van der Waals surface area contributed by atoms with E-state index in [4.69, 9.17) is 15.2 Å². The second-order valence-corrected chi connectivity index (χ2v) is 8.58. The van der Waals surface area contributed by atoms with Crippen molar-refractivity contribution >= 4 is 11.7 Å². The molecule has 3 N–H and O–H groups in total. The van der Waals surface area contributed by atoms with Gasteiger partial charge in [0.1, 0.15) is 11.6 Å². The minimum Gasteiger partial charge on any atom is -0.494 e. The summed E-state index contributed by atoms with van der Waals surface area (Å²) in [7, 11) is 1.82. The van der Waals surface area contributed by atoms with Crippen molar-refractivity contribution < 1.29 is 14.3 Å². The van der Waals surface area contributed by atoms with Crippen molar-refractivity contribution in [3.63, 3.8) is 0 Å². The fourth-order valence-electron chi connectivity index (χ4n) is 4.94. The van der Waals surface area contributed by atoms with E-state index < -0.39 is 5.91 Å². The predicted molar refractivity (Wildman–Crippen MR) is 120 cm³/mol. The lowest BCUT2D eigenvalue weighted by Gasteiger charge is -2.37. The number of aromatic nitrogens is 1. The third-order valence-corrected chi connectivity index (χ3v) is 6.52. The van der Waals surface area contributed by atoms with E-state index in [1.165, 1.54) is 0 Å². The molecule has 0 bridgehead atoms. The van der Waals surface area contributed by atoms with Crippen molar-refractivity contribution in [1.29, 1.82) is 0 Å². The summed E-state index contributed by atoms with van der Waals surface area (Å²) in [5.41, 5.74) is 5.77. The highest BCUT2D eigenvalue weighted by Gasteiger charge is 2.42. The molecule has 0 radical (unpaired) electrons. The van der Waals surface area contributed by atoms with Crippen LogP contribution in [0.4, 0.5) is 5.82 Å². The van der Waals surface area contributed by atoms with Gasteiger partial charge in [-0.25, -0.2) is 4.98 Å². The molecule has 1 aromatic carbocycles. The minimum absolute atomic E-state index is 0.218. The van der Waals surface area contributed by atoms with Gasteiger partial charge in [0, 0.05) is 38.5 Å². The lowest BCUT2D eigenvalue weighted by molar-refractivity contribution is 0.0304. The second-order valence-electron chi connectivity index (χ2n) is 8.58. The molecule has 4 atom stereocenters.